The third-order valence-electron chi connectivity index (χ3n) is 4.14. The van der Waals surface area contributed by atoms with Crippen LogP contribution < -0.4 is 10.4 Å². The summed E-state index contributed by atoms with van der Waals surface area (Å²) >= 11 is 0. The highest BCUT2D eigenvalue weighted by atomic mass is 16.5. The average Bonchev–Trinajstić information content (AvgIpc) is 2.65. The van der Waals surface area contributed by atoms with Crippen molar-refractivity contribution >= 4 is 17.8 Å². The molecule has 0 radical (unpaired) electrons. The van der Waals surface area contributed by atoms with Crippen LogP contribution in [-0.4, -0.2) is 58.1 Å². The summed E-state index contributed by atoms with van der Waals surface area (Å²) in [6.07, 6.45) is 7.70. The van der Waals surface area contributed by atoms with Gasteiger partial charge < -0.3 is 9.80 Å². The Morgan fingerprint density at radius 2 is 1.62 bits per heavy atom. The van der Waals surface area contributed by atoms with Crippen LogP contribution in [0.3, 0.4) is 0 Å². The van der Waals surface area contributed by atoms with Gasteiger partial charge in [-0.25, -0.2) is 15.4 Å². The fourth-order valence-corrected chi connectivity index (χ4v) is 2.74. The van der Waals surface area contributed by atoms with Crippen LogP contribution in [0, 0.1) is 0 Å². The normalized spacial score (nSPS) is 14.5. The van der Waals surface area contributed by atoms with Gasteiger partial charge in [-0.3, -0.25) is 14.8 Å². The summed E-state index contributed by atoms with van der Waals surface area (Å²) in [5.74, 6) is 0.555. The van der Waals surface area contributed by atoms with Gasteiger partial charge in [-0.1, -0.05) is 12.8 Å². The molecular formula is C16H25N5O3. The first-order valence-electron chi connectivity index (χ1n) is 8.43. The van der Waals surface area contributed by atoms with E-state index in [1.165, 1.54) is 0 Å². The van der Waals surface area contributed by atoms with E-state index in [4.69, 9.17) is 5.21 Å². The van der Waals surface area contributed by atoms with Crippen molar-refractivity contribution < 1.29 is 14.8 Å². The molecule has 1 aliphatic rings. The van der Waals surface area contributed by atoms with E-state index in [0.717, 1.165) is 44.7 Å². The SMILES string of the molecule is O=C(CCCCCCC(=O)N1CCN(c2ncccn2)CC1)NO. The Labute approximate surface area is 141 Å². The summed E-state index contributed by atoms with van der Waals surface area (Å²) in [7, 11) is 0. The van der Waals surface area contributed by atoms with Crippen molar-refractivity contribution in [1.82, 2.24) is 20.3 Å². The molecule has 8 heteroatoms. The van der Waals surface area contributed by atoms with Crippen LogP contribution in [0.4, 0.5) is 5.95 Å². The third-order valence-corrected chi connectivity index (χ3v) is 4.14. The molecule has 0 unspecified atom stereocenters. The number of rotatable bonds is 8. The minimum atomic E-state index is -0.355. The lowest BCUT2D eigenvalue weighted by Crippen LogP contribution is -2.49. The molecule has 0 atom stereocenters. The Hall–Kier alpha value is -2.22. The minimum absolute atomic E-state index is 0.191. The fraction of sp³-hybridized carbons (Fsp3) is 0.625. The number of hydrogen-bond acceptors (Lipinski definition) is 6. The molecule has 132 valence electrons. The zero-order valence-electron chi connectivity index (χ0n) is 13.9. The lowest BCUT2D eigenvalue weighted by atomic mass is 10.1. The highest BCUT2D eigenvalue weighted by molar-refractivity contribution is 5.76. The Bertz CT molecular complexity index is 518. The first-order chi connectivity index (χ1) is 11.7. The molecule has 24 heavy (non-hydrogen) atoms. The van der Waals surface area contributed by atoms with E-state index in [2.05, 4.69) is 14.9 Å². The highest BCUT2D eigenvalue weighted by Gasteiger charge is 2.21. The number of carbonyl (C=O) groups excluding carboxylic acids is 2. The number of carbonyl (C=O) groups is 2. The van der Waals surface area contributed by atoms with Crippen molar-refractivity contribution in [3.05, 3.63) is 18.5 Å². The molecular weight excluding hydrogens is 310 g/mol. The van der Waals surface area contributed by atoms with Crippen LogP contribution in [-0.2, 0) is 9.59 Å². The van der Waals surface area contributed by atoms with Crippen LogP contribution in [0.2, 0.25) is 0 Å². The monoisotopic (exact) mass is 335 g/mol. The van der Waals surface area contributed by atoms with Gasteiger partial charge in [0.2, 0.25) is 17.8 Å². The van der Waals surface area contributed by atoms with Gasteiger partial charge in [0.15, 0.2) is 0 Å². The summed E-state index contributed by atoms with van der Waals surface area (Å²) in [6, 6.07) is 1.79. The second kappa shape index (κ2) is 9.82. The summed E-state index contributed by atoms with van der Waals surface area (Å²) < 4.78 is 0. The first kappa shape index (κ1) is 18.1. The molecule has 1 fully saturated rings. The van der Waals surface area contributed by atoms with Crippen LogP contribution in [0.25, 0.3) is 0 Å². The van der Waals surface area contributed by atoms with Gasteiger partial charge in [-0.05, 0) is 18.9 Å². The predicted molar refractivity (Wildman–Crippen MR) is 88.5 cm³/mol. The van der Waals surface area contributed by atoms with Crippen molar-refractivity contribution in [2.24, 2.45) is 0 Å². The second-order valence-electron chi connectivity index (χ2n) is 5.87. The smallest absolute Gasteiger partial charge is 0.243 e. The Balaban J connectivity index is 1.58. The van der Waals surface area contributed by atoms with E-state index >= 15 is 0 Å². The Morgan fingerprint density at radius 1 is 1.00 bits per heavy atom. The Morgan fingerprint density at radius 3 is 2.25 bits per heavy atom. The van der Waals surface area contributed by atoms with Gasteiger partial charge in [0.1, 0.15) is 0 Å². The van der Waals surface area contributed by atoms with Gasteiger partial charge in [-0.2, -0.15) is 0 Å². The molecule has 0 spiro atoms. The summed E-state index contributed by atoms with van der Waals surface area (Å²) in [6.45, 7) is 2.92. The van der Waals surface area contributed by atoms with Crippen molar-refractivity contribution in [3.63, 3.8) is 0 Å². The third kappa shape index (κ3) is 5.77. The molecule has 1 aromatic heterocycles. The molecule has 1 aromatic rings. The molecule has 1 aliphatic heterocycles. The molecule has 0 bridgehead atoms. The molecule has 2 N–H and O–H groups in total. The topological polar surface area (TPSA) is 98.7 Å². The average molecular weight is 335 g/mol. The van der Waals surface area contributed by atoms with E-state index in [0.29, 0.717) is 25.9 Å². The first-order valence-corrected chi connectivity index (χ1v) is 8.43. The van der Waals surface area contributed by atoms with E-state index in [1.54, 1.807) is 23.9 Å². The van der Waals surface area contributed by atoms with E-state index < -0.39 is 0 Å². The van der Waals surface area contributed by atoms with Crippen molar-refractivity contribution in [2.75, 3.05) is 31.1 Å². The number of anilines is 1. The molecule has 2 rings (SSSR count). The maximum Gasteiger partial charge on any atom is 0.243 e. The fourth-order valence-electron chi connectivity index (χ4n) is 2.74. The van der Waals surface area contributed by atoms with Crippen LogP contribution in [0.1, 0.15) is 38.5 Å². The number of unbranched alkanes of at least 4 members (excludes halogenated alkanes) is 3. The summed E-state index contributed by atoms with van der Waals surface area (Å²) in [5, 5.41) is 8.38. The van der Waals surface area contributed by atoms with Crippen LogP contribution >= 0.6 is 0 Å². The molecule has 1 saturated heterocycles. The zero-order valence-corrected chi connectivity index (χ0v) is 13.9. The maximum atomic E-state index is 12.2. The zero-order chi connectivity index (χ0) is 17.2. The van der Waals surface area contributed by atoms with E-state index in [1.807, 2.05) is 4.90 Å². The van der Waals surface area contributed by atoms with Gasteiger partial charge in [0.25, 0.3) is 0 Å². The van der Waals surface area contributed by atoms with Crippen molar-refractivity contribution in [1.29, 1.82) is 0 Å². The summed E-state index contributed by atoms with van der Waals surface area (Å²) in [5.41, 5.74) is 1.62. The van der Waals surface area contributed by atoms with Crippen molar-refractivity contribution in [3.8, 4) is 0 Å². The summed E-state index contributed by atoms with van der Waals surface area (Å²) in [4.78, 5) is 35.5. The van der Waals surface area contributed by atoms with Gasteiger partial charge >= 0.3 is 0 Å². The lowest BCUT2D eigenvalue weighted by Gasteiger charge is -2.34. The number of nitrogens with zero attached hydrogens (tertiary/aromatic N) is 4. The molecule has 2 amide bonds. The van der Waals surface area contributed by atoms with Crippen LogP contribution in [0.15, 0.2) is 18.5 Å². The predicted octanol–water partition coefficient (Wildman–Crippen LogP) is 0.971. The van der Waals surface area contributed by atoms with Gasteiger partial charge in [0.05, 0.1) is 0 Å². The van der Waals surface area contributed by atoms with Crippen molar-refractivity contribution in [2.45, 2.75) is 38.5 Å². The maximum absolute atomic E-state index is 12.2. The molecule has 8 nitrogen and oxygen atoms in total. The number of aromatic nitrogens is 2. The molecule has 0 saturated carbocycles. The number of hydrogen-bond donors (Lipinski definition) is 2. The number of nitrogens with one attached hydrogen (secondary N) is 1. The Kier molecular flexibility index (Phi) is 7.41. The number of hydroxylamine groups is 1. The number of piperazine rings is 1. The largest absolute Gasteiger partial charge is 0.339 e. The minimum Gasteiger partial charge on any atom is -0.339 e. The van der Waals surface area contributed by atoms with E-state index in [-0.39, 0.29) is 11.8 Å². The highest BCUT2D eigenvalue weighted by Crippen LogP contribution is 2.12. The van der Waals surface area contributed by atoms with Gasteiger partial charge in [-0.15, -0.1) is 0 Å². The molecule has 0 aliphatic carbocycles. The quantitative estimate of drug-likeness (QED) is 0.417. The lowest BCUT2D eigenvalue weighted by molar-refractivity contribution is -0.132. The molecule has 2 heterocycles. The molecule has 0 aromatic carbocycles. The van der Waals surface area contributed by atoms with E-state index in [9.17, 15) is 9.59 Å². The number of amides is 2. The standard InChI is InChI=1S/C16H25N5O3/c22-14(19-24)6-3-1-2-4-7-15(23)20-10-12-21(13-11-20)16-17-8-5-9-18-16/h5,8-9,24H,1-4,6-7,10-13H2,(H,19,22). The second-order valence-corrected chi connectivity index (χ2v) is 5.87. The van der Waals surface area contributed by atoms with Crippen LogP contribution in [0.5, 0.6) is 0 Å². The van der Waals surface area contributed by atoms with Gasteiger partial charge in [0, 0.05) is 51.4 Å².